The standard InChI is InChI=1S/C19H22FN5O3S/c1-10-16(28-4)19(2,25-18(21)29-10)12-7-11(5-6-13(12)20)24-17(26)14-8-23-15(27-3)9-22-14/h5-10,16H,1-4H3,(H2,21,25)(H,24,26)/t10-,16+,19-/m1/s1. The van der Waals surface area contributed by atoms with Gasteiger partial charge in [-0.15, -0.1) is 0 Å². The predicted octanol–water partition coefficient (Wildman–Crippen LogP) is 2.56. The average Bonchev–Trinajstić information content (AvgIpc) is 2.69. The van der Waals surface area contributed by atoms with E-state index in [9.17, 15) is 9.18 Å². The lowest BCUT2D eigenvalue weighted by Gasteiger charge is -2.40. The fraction of sp³-hybridized carbons (Fsp3) is 0.368. The maximum atomic E-state index is 14.8. The molecule has 0 radical (unpaired) electrons. The van der Waals surface area contributed by atoms with Gasteiger partial charge in [-0.25, -0.2) is 19.4 Å². The molecule has 1 aliphatic rings. The maximum absolute atomic E-state index is 14.8. The van der Waals surface area contributed by atoms with Crippen molar-refractivity contribution in [2.75, 3.05) is 19.5 Å². The number of carbonyl (C=O) groups excluding carboxylic acids is 1. The van der Waals surface area contributed by atoms with E-state index in [1.54, 1.807) is 14.0 Å². The molecule has 2 aromatic rings. The summed E-state index contributed by atoms with van der Waals surface area (Å²) in [6, 6.07) is 4.28. The van der Waals surface area contributed by atoms with Gasteiger partial charge in [0.05, 0.1) is 25.6 Å². The number of aromatic nitrogens is 2. The zero-order chi connectivity index (χ0) is 21.2. The third-order valence-electron chi connectivity index (χ3n) is 4.72. The molecule has 0 saturated carbocycles. The van der Waals surface area contributed by atoms with Crippen LogP contribution in [0.25, 0.3) is 0 Å². The van der Waals surface area contributed by atoms with E-state index in [2.05, 4.69) is 20.3 Å². The Hall–Kier alpha value is -2.72. The molecule has 154 valence electrons. The second-order valence-corrected chi connectivity index (χ2v) is 8.07. The van der Waals surface area contributed by atoms with Gasteiger partial charge in [-0.3, -0.25) is 4.79 Å². The number of halogens is 1. The summed E-state index contributed by atoms with van der Waals surface area (Å²) < 4.78 is 25.3. The van der Waals surface area contributed by atoms with Crippen LogP contribution < -0.4 is 15.8 Å². The van der Waals surface area contributed by atoms with Crippen molar-refractivity contribution in [2.45, 2.75) is 30.7 Å². The predicted molar refractivity (Wildman–Crippen MR) is 110 cm³/mol. The van der Waals surface area contributed by atoms with Gasteiger partial charge in [-0.2, -0.15) is 0 Å². The van der Waals surface area contributed by atoms with E-state index in [1.807, 2.05) is 6.92 Å². The lowest BCUT2D eigenvalue weighted by molar-refractivity contribution is 0.0407. The monoisotopic (exact) mass is 419 g/mol. The summed E-state index contributed by atoms with van der Waals surface area (Å²) in [7, 11) is 3.01. The molecule has 1 aliphatic heterocycles. The highest BCUT2D eigenvalue weighted by Gasteiger charge is 2.45. The first-order valence-electron chi connectivity index (χ1n) is 8.80. The van der Waals surface area contributed by atoms with Crippen LogP contribution in [0, 0.1) is 5.82 Å². The Bertz CT molecular complexity index is 940. The number of nitrogens with two attached hydrogens (primary N) is 1. The molecular formula is C19H22FN5O3S. The Morgan fingerprint density at radius 3 is 2.69 bits per heavy atom. The number of rotatable bonds is 5. The highest BCUT2D eigenvalue weighted by Crippen LogP contribution is 2.42. The quantitative estimate of drug-likeness (QED) is 0.766. The Balaban J connectivity index is 1.93. The van der Waals surface area contributed by atoms with Gasteiger partial charge in [0.1, 0.15) is 17.1 Å². The Morgan fingerprint density at radius 1 is 1.31 bits per heavy atom. The molecule has 3 rings (SSSR count). The highest BCUT2D eigenvalue weighted by molar-refractivity contribution is 8.14. The van der Waals surface area contributed by atoms with Crippen LogP contribution in [0.5, 0.6) is 5.88 Å². The number of amides is 1. The van der Waals surface area contributed by atoms with E-state index < -0.39 is 23.4 Å². The largest absolute Gasteiger partial charge is 0.480 e. The summed E-state index contributed by atoms with van der Waals surface area (Å²) in [6.45, 7) is 3.72. The molecule has 0 bridgehead atoms. The van der Waals surface area contributed by atoms with Crippen LogP contribution in [0.2, 0.25) is 0 Å². The maximum Gasteiger partial charge on any atom is 0.275 e. The van der Waals surface area contributed by atoms with E-state index in [0.29, 0.717) is 16.7 Å². The van der Waals surface area contributed by atoms with Crippen molar-refractivity contribution in [2.24, 2.45) is 10.7 Å². The Kier molecular flexibility index (Phi) is 6.04. The minimum atomic E-state index is -1.05. The van der Waals surface area contributed by atoms with Gasteiger partial charge in [-0.05, 0) is 25.1 Å². The van der Waals surface area contributed by atoms with Crippen LogP contribution in [0.4, 0.5) is 10.1 Å². The first kappa shape index (κ1) is 21.0. The van der Waals surface area contributed by atoms with E-state index in [-0.39, 0.29) is 16.5 Å². The summed E-state index contributed by atoms with van der Waals surface area (Å²) in [6.07, 6.45) is 2.23. The molecule has 8 nitrogen and oxygen atoms in total. The SMILES string of the molecule is COc1cnc(C(=O)Nc2ccc(F)c([C@@]3(C)N=C(N)S[C@H](C)[C@@H]3OC)c2)cn1. The first-order valence-corrected chi connectivity index (χ1v) is 9.68. The number of nitrogens with zero attached hydrogens (tertiary/aromatic N) is 3. The third-order valence-corrected chi connectivity index (χ3v) is 5.67. The van der Waals surface area contributed by atoms with E-state index in [1.165, 1.54) is 49.5 Å². The van der Waals surface area contributed by atoms with Crippen molar-refractivity contribution in [3.05, 3.63) is 47.7 Å². The normalized spacial score (nSPS) is 24.0. The molecule has 10 heteroatoms. The summed E-state index contributed by atoms with van der Waals surface area (Å²) in [4.78, 5) is 24.9. The molecule has 29 heavy (non-hydrogen) atoms. The molecule has 3 N–H and O–H groups in total. The average molecular weight is 419 g/mol. The summed E-state index contributed by atoms with van der Waals surface area (Å²) >= 11 is 1.38. The Morgan fingerprint density at radius 2 is 2.07 bits per heavy atom. The topological polar surface area (TPSA) is 112 Å². The van der Waals surface area contributed by atoms with E-state index in [0.717, 1.165) is 0 Å². The highest BCUT2D eigenvalue weighted by atomic mass is 32.2. The van der Waals surface area contributed by atoms with Crippen molar-refractivity contribution in [3.8, 4) is 5.88 Å². The number of carbonyl (C=O) groups is 1. The lowest BCUT2D eigenvalue weighted by atomic mass is 9.84. The molecule has 0 unspecified atom stereocenters. The molecule has 3 atom stereocenters. The van der Waals surface area contributed by atoms with Crippen molar-refractivity contribution in [1.82, 2.24) is 9.97 Å². The third kappa shape index (κ3) is 4.18. The molecule has 1 amide bonds. The van der Waals surface area contributed by atoms with E-state index in [4.69, 9.17) is 15.2 Å². The van der Waals surface area contributed by atoms with Crippen molar-refractivity contribution < 1.29 is 18.7 Å². The zero-order valence-electron chi connectivity index (χ0n) is 16.5. The van der Waals surface area contributed by atoms with Crippen molar-refractivity contribution >= 4 is 28.5 Å². The van der Waals surface area contributed by atoms with Gasteiger partial charge in [0, 0.05) is 23.6 Å². The molecule has 1 aromatic heterocycles. The molecule has 0 spiro atoms. The number of amidine groups is 1. The molecule has 0 fully saturated rings. The van der Waals surface area contributed by atoms with Gasteiger partial charge < -0.3 is 20.5 Å². The number of thioether (sulfide) groups is 1. The number of nitrogens with one attached hydrogen (secondary N) is 1. The number of hydrogen-bond acceptors (Lipinski definition) is 8. The lowest BCUT2D eigenvalue weighted by Crippen LogP contribution is -2.48. The number of ether oxygens (including phenoxy) is 2. The van der Waals surface area contributed by atoms with Gasteiger partial charge in [0.2, 0.25) is 5.88 Å². The summed E-state index contributed by atoms with van der Waals surface area (Å²) in [5, 5.41) is 3.02. The fourth-order valence-electron chi connectivity index (χ4n) is 3.39. The van der Waals surface area contributed by atoms with Gasteiger partial charge in [0.25, 0.3) is 5.91 Å². The van der Waals surface area contributed by atoms with Crippen LogP contribution in [0.15, 0.2) is 35.6 Å². The van der Waals surface area contributed by atoms with Gasteiger partial charge in [-0.1, -0.05) is 18.7 Å². The van der Waals surface area contributed by atoms with E-state index >= 15 is 0 Å². The molecule has 1 aromatic carbocycles. The van der Waals surface area contributed by atoms with Crippen molar-refractivity contribution in [3.63, 3.8) is 0 Å². The molecular weight excluding hydrogens is 397 g/mol. The van der Waals surface area contributed by atoms with Crippen LogP contribution in [0.3, 0.4) is 0 Å². The smallest absolute Gasteiger partial charge is 0.275 e. The minimum absolute atomic E-state index is 0.0327. The number of hydrogen-bond donors (Lipinski definition) is 2. The van der Waals surface area contributed by atoms with Crippen LogP contribution in [-0.2, 0) is 10.3 Å². The molecule has 0 aliphatic carbocycles. The number of methoxy groups -OCH3 is 2. The fourth-order valence-corrected chi connectivity index (χ4v) is 4.51. The van der Waals surface area contributed by atoms with Gasteiger partial charge in [0.15, 0.2) is 5.17 Å². The zero-order valence-corrected chi connectivity index (χ0v) is 17.3. The minimum Gasteiger partial charge on any atom is -0.480 e. The molecule has 2 heterocycles. The number of aliphatic imine (C=N–C) groups is 1. The second-order valence-electron chi connectivity index (χ2n) is 6.67. The van der Waals surface area contributed by atoms with Gasteiger partial charge >= 0.3 is 0 Å². The molecule has 0 saturated heterocycles. The van der Waals surface area contributed by atoms with Crippen LogP contribution in [-0.4, -0.2) is 46.6 Å². The number of anilines is 1. The Labute approximate surface area is 172 Å². The van der Waals surface area contributed by atoms with Crippen LogP contribution in [0.1, 0.15) is 29.9 Å². The summed E-state index contributed by atoms with van der Waals surface area (Å²) in [5.41, 5.74) is 5.68. The summed E-state index contributed by atoms with van der Waals surface area (Å²) in [5.74, 6) is -0.655. The first-order chi connectivity index (χ1) is 13.8. The number of benzene rings is 1. The van der Waals surface area contributed by atoms with Crippen LogP contribution >= 0.6 is 11.8 Å². The second kappa shape index (κ2) is 8.34. The van der Waals surface area contributed by atoms with Crippen molar-refractivity contribution in [1.29, 1.82) is 0 Å².